The SMILES string of the molecule is CCNCCC(=O)N[C@@H](C)c1ccccn1. The summed E-state index contributed by atoms with van der Waals surface area (Å²) in [6.07, 6.45) is 2.24. The van der Waals surface area contributed by atoms with Gasteiger partial charge in [0.15, 0.2) is 0 Å². The van der Waals surface area contributed by atoms with Crippen LogP contribution in [-0.4, -0.2) is 24.0 Å². The third-order valence-corrected chi connectivity index (χ3v) is 2.29. The van der Waals surface area contributed by atoms with Crippen LogP contribution < -0.4 is 10.6 Å². The molecule has 1 rings (SSSR count). The van der Waals surface area contributed by atoms with Gasteiger partial charge in [-0.25, -0.2) is 0 Å². The summed E-state index contributed by atoms with van der Waals surface area (Å²) in [4.78, 5) is 15.7. The van der Waals surface area contributed by atoms with E-state index in [9.17, 15) is 4.79 Å². The van der Waals surface area contributed by atoms with Gasteiger partial charge in [-0.1, -0.05) is 13.0 Å². The average Bonchev–Trinajstić information content (AvgIpc) is 2.30. The van der Waals surface area contributed by atoms with Crippen molar-refractivity contribution in [3.8, 4) is 0 Å². The van der Waals surface area contributed by atoms with E-state index in [1.807, 2.05) is 32.0 Å². The number of nitrogens with one attached hydrogen (secondary N) is 2. The van der Waals surface area contributed by atoms with E-state index in [0.29, 0.717) is 6.42 Å². The summed E-state index contributed by atoms with van der Waals surface area (Å²) in [6.45, 7) is 5.57. The molecular weight excluding hydrogens is 202 g/mol. The van der Waals surface area contributed by atoms with E-state index in [1.54, 1.807) is 6.20 Å². The molecular formula is C12H19N3O. The number of amides is 1. The molecule has 4 heteroatoms. The van der Waals surface area contributed by atoms with Crippen molar-refractivity contribution in [1.29, 1.82) is 0 Å². The van der Waals surface area contributed by atoms with Gasteiger partial charge in [0.05, 0.1) is 11.7 Å². The molecule has 0 aromatic carbocycles. The molecule has 0 aliphatic rings. The minimum absolute atomic E-state index is 0.0321. The maximum absolute atomic E-state index is 11.5. The highest BCUT2D eigenvalue weighted by Gasteiger charge is 2.09. The maximum atomic E-state index is 11.5. The Hall–Kier alpha value is -1.42. The number of pyridine rings is 1. The highest BCUT2D eigenvalue weighted by atomic mass is 16.1. The minimum Gasteiger partial charge on any atom is -0.348 e. The molecule has 0 aliphatic heterocycles. The number of hydrogen-bond donors (Lipinski definition) is 2. The Morgan fingerprint density at radius 1 is 1.50 bits per heavy atom. The topological polar surface area (TPSA) is 54.0 Å². The second-order valence-electron chi connectivity index (χ2n) is 3.65. The zero-order chi connectivity index (χ0) is 11.8. The molecule has 1 atom stereocenters. The number of aromatic nitrogens is 1. The van der Waals surface area contributed by atoms with Crippen LogP contribution in [0.15, 0.2) is 24.4 Å². The van der Waals surface area contributed by atoms with Crippen LogP contribution in [0.5, 0.6) is 0 Å². The number of carbonyl (C=O) groups excluding carboxylic acids is 1. The highest BCUT2D eigenvalue weighted by Crippen LogP contribution is 2.07. The lowest BCUT2D eigenvalue weighted by molar-refractivity contribution is -0.121. The first kappa shape index (κ1) is 12.6. The molecule has 0 saturated carbocycles. The third-order valence-electron chi connectivity index (χ3n) is 2.29. The molecule has 0 fully saturated rings. The monoisotopic (exact) mass is 221 g/mol. The standard InChI is InChI=1S/C12H19N3O/c1-3-13-9-7-12(16)15-10(2)11-6-4-5-8-14-11/h4-6,8,10,13H,3,7,9H2,1-2H3,(H,15,16)/t10-/m0/s1. The summed E-state index contributed by atoms with van der Waals surface area (Å²) in [7, 11) is 0. The number of carbonyl (C=O) groups is 1. The van der Waals surface area contributed by atoms with E-state index in [4.69, 9.17) is 0 Å². The predicted octanol–water partition coefficient (Wildman–Crippen LogP) is 1.26. The van der Waals surface area contributed by atoms with Gasteiger partial charge in [0.1, 0.15) is 0 Å². The number of nitrogens with zero attached hydrogens (tertiary/aromatic N) is 1. The van der Waals surface area contributed by atoms with E-state index in [0.717, 1.165) is 18.8 Å². The molecule has 0 spiro atoms. The number of hydrogen-bond acceptors (Lipinski definition) is 3. The zero-order valence-electron chi connectivity index (χ0n) is 9.86. The average molecular weight is 221 g/mol. The molecule has 4 nitrogen and oxygen atoms in total. The van der Waals surface area contributed by atoms with Crippen molar-refractivity contribution in [3.63, 3.8) is 0 Å². The van der Waals surface area contributed by atoms with E-state index in [1.165, 1.54) is 0 Å². The van der Waals surface area contributed by atoms with Gasteiger partial charge in [0.25, 0.3) is 0 Å². The second kappa shape index (κ2) is 6.95. The lowest BCUT2D eigenvalue weighted by atomic mass is 10.2. The summed E-state index contributed by atoms with van der Waals surface area (Å²) < 4.78 is 0. The van der Waals surface area contributed by atoms with Crippen LogP contribution in [0.3, 0.4) is 0 Å². The van der Waals surface area contributed by atoms with Gasteiger partial charge in [-0.05, 0) is 25.6 Å². The van der Waals surface area contributed by atoms with E-state index in [-0.39, 0.29) is 11.9 Å². The maximum Gasteiger partial charge on any atom is 0.221 e. The van der Waals surface area contributed by atoms with Gasteiger partial charge < -0.3 is 10.6 Å². The first-order valence-corrected chi connectivity index (χ1v) is 5.65. The van der Waals surface area contributed by atoms with Gasteiger partial charge in [0.2, 0.25) is 5.91 Å². The Morgan fingerprint density at radius 3 is 2.94 bits per heavy atom. The van der Waals surface area contributed by atoms with Gasteiger partial charge >= 0.3 is 0 Å². The van der Waals surface area contributed by atoms with Crippen LogP contribution in [0.1, 0.15) is 32.0 Å². The van der Waals surface area contributed by atoms with Crippen molar-refractivity contribution in [1.82, 2.24) is 15.6 Å². The van der Waals surface area contributed by atoms with Gasteiger partial charge in [-0.3, -0.25) is 9.78 Å². The summed E-state index contributed by atoms with van der Waals surface area (Å²) in [6, 6.07) is 5.66. The molecule has 1 heterocycles. The fourth-order valence-corrected chi connectivity index (χ4v) is 1.40. The normalized spacial score (nSPS) is 12.1. The predicted molar refractivity (Wildman–Crippen MR) is 64.0 cm³/mol. The largest absolute Gasteiger partial charge is 0.348 e. The Kier molecular flexibility index (Phi) is 5.50. The second-order valence-corrected chi connectivity index (χ2v) is 3.65. The Morgan fingerprint density at radius 2 is 2.31 bits per heavy atom. The summed E-state index contributed by atoms with van der Waals surface area (Å²) in [5, 5.41) is 6.03. The van der Waals surface area contributed by atoms with Crippen molar-refractivity contribution in [2.45, 2.75) is 26.3 Å². The Balaban J connectivity index is 2.34. The first-order valence-electron chi connectivity index (χ1n) is 5.65. The molecule has 1 amide bonds. The Labute approximate surface area is 96.5 Å². The summed E-state index contributed by atoms with van der Waals surface area (Å²) in [5.74, 6) is 0.0547. The van der Waals surface area contributed by atoms with Crippen LogP contribution in [0.2, 0.25) is 0 Å². The van der Waals surface area contributed by atoms with E-state index in [2.05, 4.69) is 15.6 Å². The Bertz CT molecular complexity index is 313. The van der Waals surface area contributed by atoms with Gasteiger partial charge in [0, 0.05) is 19.2 Å². The van der Waals surface area contributed by atoms with Crippen LogP contribution in [0.4, 0.5) is 0 Å². The van der Waals surface area contributed by atoms with Crippen molar-refractivity contribution < 1.29 is 4.79 Å². The van der Waals surface area contributed by atoms with Crippen molar-refractivity contribution in [2.75, 3.05) is 13.1 Å². The van der Waals surface area contributed by atoms with Gasteiger partial charge in [-0.15, -0.1) is 0 Å². The molecule has 0 saturated heterocycles. The van der Waals surface area contributed by atoms with Crippen molar-refractivity contribution >= 4 is 5.91 Å². The lowest BCUT2D eigenvalue weighted by Crippen LogP contribution is -2.30. The molecule has 16 heavy (non-hydrogen) atoms. The summed E-state index contributed by atoms with van der Waals surface area (Å²) in [5.41, 5.74) is 0.888. The fourth-order valence-electron chi connectivity index (χ4n) is 1.40. The van der Waals surface area contributed by atoms with E-state index >= 15 is 0 Å². The van der Waals surface area contributed by atoms with Crippen LogP contribution in [0.25, 0.3) is 0 Å². The molecule has 2 N–H and O–H groups in total. The summed E-state index contributed by atoms with van der Waals surface area (Å²) >= 11 is 0. The zero-order valence-corrected chi connectivity index (χ0v) is 9.86. The molecule has 1 aromatic heterocycles. The van der Waals surface area contributed by atoms with E-state index < -0.39 is 0 Å². The highest BCUT2D eigenvalue weighted by molar-refractivity contribution is 5.76. The molecule has 0 aliphatic carbocycles. The lowest BCUT2D eigenvalue weighted by Gasteiger charge is -2.13. The smallest absolute Gasteiger partial charge is 0.221 e. The fraction of sp³-hybridized carbons (Fsp3) is 0.500. The molecule has 0 radical (unpaired) electrons. The van der Waals surface area contributed by atoms with Crippen molar-refractivity contribution in [2.24, 2.45) is 0 Å². The van der Waals surface area contributed by atoms with Gasteiger partial charge in [-0.2, -0.15) is 0 Å². The number of rotatable bonds is 6. The minimum atomic E-state index is -0.0321. The van der Waals surface area contributed by atoms with Crippen LogP contribution >= 0.6 is 0 Å². The molecule has 0 unspecified atom stereocenters. The van der Waals surface area contributed by atoms with Crippen molar-refractivity contribution in [3.05, 3.63) is 30.1 Å². The molecule has 1 aromatic rings. The van der Waals surface area contributed by atoms with Crippen LogP contribution in [-0.2, 0) is 4.79 Å². The first-order chi connectivity index (χ1) is 7.74. The third kappa shape index (κ3) is 4.40. The quantitative estimate of drug-likeness (QED) is 0.711. The van der Waals surface area contributed by atoms with Crippen LogP contribution in [0, 0.1) is 0 Å². The molecule has 88 valence electrons. The molecule has 0 bridgehead atoms.